The van der Waals surface area contributed by atoms with Gasteiger partial charge in [0.2, 0.25) is 0 Å². The predicted molar refractivity (Wildman–Crippen MR) is 74.8 cm³/mol. The maximum Gasteiger partial charge on any atom is 0.127 e. The lowest BCUT2D eigenvalue weighted by Gasteiger charge is -2.21. The second-order valence-corrected chi connectivity index (χ2v) is 4.65. The Hall–Kier alpha value is -2.03. The molecule has 0 spiro atoms. The summed E-state index contributed by atoms with van der Waals surface area (Å²) in [5, 5.41) is 0. The van der Waals surface area contributed by atoms with E-state index in [0.717, 1.165) is 11.4 Å². The summed E-state index contributed by atoms with van der Waals surface area (Å²) in [6, 6.07) is 10.8. The highest BCUT2D eigenvalue weighted by atomic mass is 19.1. The van der Waals surface area contributed by atoms with E-state index in [1.54, 1.807) is 6.07 Å². The van der Waals surface area contributed by atoms with Gasteiger partial charge in [-0.05, 0) is 55.3 Å². The zero-order valence-corrected chi connectivity index (χ0v) is 10.9. The Balaban J connectivity index is 2.43. The summed E-state index contributed by atoms with van der Waals surface area (Å²) < 4.78 is 13.4. The largest absolute Gasteiger partial charge is 0.399 e. The van der Waals surface area contributed by atoms with Gasteiger partial charge in [-0.15, -0.1) is 0 Å². The van der Waals surface area contributed by atoms with Crippen molar-refractivity contribution >= 4 is 17.1 Å². The van der Waals surface area contributed by atoms with Gasteiger partial charge in [0.25, 0.3) is 0 Å². The van der Waals surface area contributed by atoms with Gasteiger partial charge in [0, 0.05) is 24.1 Å². The molecule has 0 radical (unpaired) electrons. The van der Waals surface area contributed by atoms with Crippen LogP contribution in [0.3, 0.4) is 0 Å². The summed E-state index contributed by atoms with van der Waals surface area (Å²) in [5.74, 6) is -0.318. The Morgan fingerprint density at radius 3 is 2.00 bits per heavy atom. The van der Waals surface area contributed by atoms with E-state index in [2.05, 4.69) is 18.2 Å². The highest BCUT2D eigenvalue weighted by molar-refractivity contribution is 5.67. The van der Waals surface area contributed by atoms with E-state index in [0.29, 0.717) is 5.69 Å². The molecule has 0 fully saturated rings. The third-order valence-electron chi connectivity index (χ3n) is 2.89. The number of halogens is 1. The fraction of sp³-hybridized carbons (Fsp3) is 0.200. The third-order valence-corrected chi connectivity index (χ3v) is 2.89. The number of benzene rings is 2. The van der Waals surface area contributed by atoms with Crippen molar-refractivity contribution in [1.82, 2.24) is 0 Å². The first-order chi connectivity index (χ1) is 8.45. The maximum atomic E-state index is 13.4. The quantitative estimate of drug-likeness (QED) is 0.814. The Morgan fingerprint density at radius 1 is 0.889 bits per heavy atom. The van der Waals surface area contributed by atoms with E-state index in [4.69, 9.17) is 5.73 Å². The molecule has 0 unspecified atom stereocenters. The highest BCUT2D eigenvalue weighted by Gasteiger charge is 2.07. The number of hydrogen-bond donors (Lipinski definition) is 1. The first kappa shape index (κ1) is 12.4. The van der Waals surface area contributed by atoms with Crippen LogP contribution in [0.1, 0.15) is 11.1 Å². The number of nitrogen functional groups attached to an aromatic ring is 1. The second-order valence-electron chi connectivity index (χ2n) is 4.65. The van der Waals surface area contributed by atoms with Gasteiger partial charge in [0.05, 0.1) is 0 Å². The van der Waals surface area contributed by atoms with Crippen molar-refractivity contribution in [1.29, 1.82) is 0 Å². The molecule has 0 aromatic heterocycles. The van der Waals surface area contributed by atoms with Gasteiger partial charge in [-0.25, -0.2) is 4.39 Å². The zero-order chi connectivity index (χ0) is 13.3. The van der Waals surface area contributed by atoms with E-state index in [1.807, 2.05) is 25.8 Å². The highest BCUT2D eigenvalue weighted by Crippen LogP contribution is 2.27. The summed E-state index contributed by atoms with van der Waals surface area (Å²) >= 11 is 0. The lowest BCUT2D eigenvalue weighted by atomic mass is 10.1. The van der Waals surface area contributed by atoms with E-state index in [1.165, 1.54) is 23.3 Å². The van der Waals surface area contributed by atoms with E-state index >= 15 is 0 Å². The van der Waals surface area contributed by atoms with E-state index in [9.17, 15) is 4.39 Å². The van der Waals surface area contributed by atoms with Crippen molar-refractivity contribution in [2.45, 2.75) is 13.8 Å². The van der Waals surface area contributed by atoms with Crippen LogP contribution in [0.25, 0.3) is 0 Å². The topological polar surface area (TPSA) is 29.3 Å². The molecule has 0 aliphatic heterocycles. The number of aryl methyl sites for hydroxylation is 2. The molecule has 2 nitrogen and oxygen atoms in total. The molecule has 0 aliphatic carbocycles. The normalized spacial score (nSPS) is 10.4. The van der Waals surface area contributed by atoms with Gasteiger partial charge in [0.1, 0.15) is 5.82 Å². The molecule has 0 amide bonds. The SMILES string of the molecule is Cc1cc(C)cc(N(C)c2cc(N)cc(F)c2)c1. The molecule has 3 heteroatoms. The third kappa shape index (κ3) is 2.62. The standard InChI is InChI=1S/C15H17FN2/c1-10-4-11(2)6-14(5-10)18(3)15-8-12(16)7-13(17)9-15/h4-9H,17H2,1-3H3. The van der Waals surface area contributed by atoms with E-state index < -0.39 is 0 Å². The van der Waals surface area contributed by atoms with Gasteiger partial charge < -0.3 is 10.6 Å². The smallest absolute Gasteiger partial charge is 0.127 e. The molecule has 0 heterocycles. The average Bonchev–Trinajstić information content (AvgIpc) is 2.25. The van der Waals surface area contributed by atoms with Crippen LogP contribution in [0, 0.1) is 19.7 Å². The Morgan fingerprint density at radius 2 is 1.44 bits per heavy atom. The van der Waals surface area contributed by atoms with Crippen LogP contribution < -0.4 is 10.6 Å². The fourth-order valence-electron chi connectivity index (χ4n) is 2.08. The van der Waals surface area contributed by atoms with Crippen LogP contribution in [0.2, 0.25) is 0 Å². The molecule has 0 bridgehead atoms. The number of nitrogens with zero attached hydrogens (tertiary/aromatic N) is 1. The number of hydrogen-bond acceptors (Lipinski definition) is 2. The zero-order valence-electron chi connectivity index (χ0n) is 10.9. The summed E-state index contributed by atoms with van der Waals surface area (Å²) in [6.45, 7) is 4.09. The van der Waals surface area contributed by atoms with Crippen LogP contribution in [-0.2, 0) is 0 Å². The first-order valence-electron chi connectivity index (χ1n) is 5.84. The molecule has 0 saturated carbocycles. The van der Waals surface area contributed by atoms with Gasteiger partial charge in [0.15, 0.2) is 0 Å². The van der Waals surface area contributed by atoms with Crippen LogP contribution in [-0.4, -0.2) is 7.05 Å². The summed E-state index contributed by atoms with van der Waals surface area (Å²) in [6.07, 6.45) is 0. The molecule has 0 atom stereocenters. The van der Waals surface area contributed by atoms with Crippen molar-refractivity contribution in [3.8, 4) is 0 Å². The molecular formula is C15H17FN2. The van der Waals surface area contributed by atoms with Gasteiger partial charge in [-0.3, -0.25) is 0 Å². The lowest BCUT2D eigenvalue weighted by molar-refractivity contribution is 0.628. The Labute approximate surface area is 107 Å². The Kier molecular flexibility index (Phi) is 3.24. The minimum Gasteiger partial charge on any atom is -0.399 e. The average molecular weight is 244 g/mol. The molecule has 2 aromatic carbocycles. The summed E-state index contributed by atoms with van der Waals surface area (Å²) in [5.41, 5.74) is 10.2. The second kappa shape index (κ2) is 4.69. The Bertz CT molecular complexity index is 487. The fourth-order valence-corrected chi connectivity index (χ4v) is 2.08. The van der Waals surface area contributed by atoms with Crippen molar-refractivity contribution in [3.05, 3.63) is 53.3 Å². The van der Waals surface area contributed by atoms with Crippen molar-refractivity contribution in [3.63, 3.8) is 0 Å². The van der Waals surface area contributed by atoms with Crippen LogP contribution in [0.15, 0.2) is 36.4 Å². The molecule has 2 N–H and O–H groups in total. The van der Waals surface area contributed by atoms with Crippen LogP contribution in [0.4, 0.5) is 21.5 Å². The molecule has 18 heavy (non-hydrogen) atoms. The summed E-state index contributed by atoms with van der Waals surface area (Å²) in [4.78, 5) is 1.93. The molecule has 0 saturated heterocycles. The predicted octanol–water partition coefficient (Wildman–Crippen LogP) is 3.79. The van der Waals surface area contributed by atoms with Crippen molar-refractivity contribution in [2.75, 3.05) is 17.7 Å². The minimum absolute atomic E-state index is 0.318. The first-order valence-corrected chi connectivity index (χ1v) is 5.84. The van der Waals surface area contributed by atoms with Crippen molar-refractivity contribution < 1.29 is 4.39 Å². The molecule has 94 valence electrons. The van der Waals surface area contributed by atoms with Gasteiger partial charge >= 0.3 is 0 Å². The monoisotopic (exact) mass is 244 g/mol. The minimum atomic E-state index is -0.318. The lowest BCUT2D eigenvalue weighted by Crippen LogP contribution is -2.10. The van der Waals surface area contributed by atoms with Gasteiger partial charge in [-0.2, -0.15) is 0 Å². The molecular weight excluding hydrogens is 227 g/mol. The number of rotatable bonds is 2. The van der Waals surface area contributed by atoms with Gasteiger partial charge in [-0.1, -0.05) is 6.07 Å². The van der Waals surface area contributed by atoms with Crippen molar-refractivity contribution in [2.24, 2.45) is 0 Å². The number of anilines is 3. The molecule has 2 rings (SSSR count). The maximum absolute atomic E-state index is 13.4. The number of nitrogens with two attached hydrogens (primary N) is 1. The van der Waals surface area contributed by atoms with E-state index in [-0.39, 0.29) is 5.82 Å². The molecule has 2 aromatic rings. The molecule has 0 aliphatic rings. The summed E-state index contributed by atoms with van der Waals surface area (Å²) in [7, 11) is 1.91. The van der Waals surface area contributed by atoms with Crippen LogP contribution >= 0.6 is 0 Å². The van der Waals surface area contributed by atoms with Crippen LogP contribution in [0.5, 0.6) is 0 Å².